The Bertz CT molecular complexity index is 2350. The summed E-state index contributed by atoms with van der Waals surface area (Å²) < 4.78 is 47.9. The van der Waals surface area contributed by atoms with Crippen LogP contribution in [0.3, 0.4) is 0 Å². The second-order valence-electron chi connectivity index (χ2n) is 16.5. The standard InChI is InChI=1S/C35H31F3NOS.C13H24O2.Ir/c1-20-25-12-11-21(19-34(5,6)35(36,37)38)15-28(25)40-31(20)29-18-23-13-14-39-30(32(23)41-29)24-16-22-9-7-8-10-26(22)27(17-24)33(2,3)4;1-5-10(6-2)12(14)9-13(15)11(7-3)8-4;/h7-15,17-18H,19H2,1-6H3;9-11,14H,5-8H2,1-4H3;/q-1;;/b;12-9-;. The molecule has 0 bridgehead atoms. The minimum absolute atomic E-state index is 0. The first-order valence-electron chi connectivity index (χ1n) is 19.7. The van der Waals surface area contributed by atoms with Gasteiger partial charge in [-0.3, -0.25) is 9.78 Å². The molecule has 307 valence electrons. The van der Waals surface area contributed by atoms with Crippen LogP contribution in [0.1, 0.15) is 105 Å². The van der Waals surface area contributed by atoms with Crippen molar-refractivity contribution in [1.82, 2.24) is 4.98 Å². The summed E-state index contributed by atoms with van der Waals surface area (Å²) in [6.07, 6.45) is 2.33. The van der Waals surface area contributed by atoms with Crippen LogP contribution in [0.5, 0.6) is 0 Å². The Balaban J connectivity index is 0.000000385. The van der Waals surface area contributed by atoms with Crippen LogP contribution < -0.4 is 0 Å². The maximum atomic E-state index is 13.5. The maximum absolute atomic E-state index is 13.5. The first kappa shape index (κ1) is 45.9. The van der Waals surface area contributed by atoms with E-state index < -0.39 is 11.6 Å². The van der Waals surface area contributed by atoms with Gasteiger partial charge in [-0.1, -0.05) is 104 Å². The van der Waals surface area contributed by atoms with Crippen LogP contribution in [0.2, 0.25) is 0 Å². The van der Waals surface area contributed by atoms with E-state index in [1.54, 1.807) is 23.5 Å². The van der Waals surface area contributed by atoms with Crippen LogP contribution in [-0.4, -0.2) is 22.1 Å². The van der Waals surface area contributed by atoms with Crippen molar-refractivity contribution in [2.75, 3.05) is 0 Å². The predicted molar refractivity (Wildman–Crippen MR) is 227 cm³/mol. The molecule has 6 aromatic rings. The van der Waals surface area contributed by atoms with Crippen LogP contribution in [0.25, 0.3) is 53.7 Å². The number of thiophene rings is 1. The Labute approximate surface area is 353 Å². The molecular formula is C48H55F3IrNO3S-. The number of nitrogens with zero attached hydrogens (tertiary/aromatic N) is 1. The zero-order chi connectivity index (χ0) is 41.2. The fourth-order valence-electron chi connectivity index (χ4n) is 7.25. The van der Waals surface area contributed by atoms with Crippen molar-refractivity contribution in [3.05, 3.63) is 101 Å². The summed E-state index contributed by atoms with van der Waals surface area (Å²) in [4.78, 5) is 17.5. The monoisotopic (exact) mass is 975 g/mol. The van der Waals surface area contributed by atoms with Gasteiger partial charge in [0.2, 0.25) is 0 Å². The van der Waals surface area contributed by atoms with E-state index in [-0.39, 0.29) is 55.3 Å². The van der Waals surface area contributed by atoms with Crippen molar-refractivity contribution in [2.45, 2.75) is 113 Å². The molecule has 3 heterocycles. The average Bonchev–Trinajstić information content (AvgIpc) is 3.72. The molecule has 0 aliphatic rings. The number of ketones is 1. The molecule has 4 nitrogen and oxygen atoms in total. The molecule has 3 aromatic carbocycles. The van der Waals surface area contributed by atoms with Gasteiger partial charge in [0.05, 0.1) is 16.1 Å². The predicted octanol–water partition coefficient (Wildman–Crippen LogP) is 14.9. The number of alkyl halides is 3. The van der Waals surface area contributed by atoms with Gasteiger partial charge in [0.1, 0.15) is 11.3 Å². The zero-order valence-electron chi connectivity index (χ0n) is 34.7. The number of aryl methyl sites for hydroxylation is 1. The molecule has 0 amide bonds. The normalized spacial score (nSPS) is 12.7. The van der Waals surface area contributed by atoms with Gasteiger partial charge < -0.3 is 9.52 Å². The van der Waals surface area contributed by atoms with E-state index in [1.165, 1.54) is 30.9 Å². The Hall–Kier alpha value is -3.78. The van der Waals surface area contributed by atoms with Gasteiger partial charge in [0, 0.05) is 65.6 Å². The maximum Gasteiger partial charge on any atom is 0.394 e. The number of furan rings is 1. The Morgan fingerprint density at radius 2 is 1.54 bits per heavy atom. The van der Waals surface area contributed by atoms with Crippen molar-refractivity contribution in [1.29, 1.82) is 0 Å². The number of halogens is 3. The van der Waals surface area contributed by atoms with Crippen LogP contribution in [0.4, 0.5) is 13.2 Å². The second kappa shape index (κ2) is 18.4. The second-order valence-corrected chi connectivity index (χ2v) is 17.6. The molecule has 6 rings (SSSR count). The fraction of sp³-hybridized carbons (Fsp3) is 0.417. The quantitative estimate of drug-likeness (QED) is 0.0798. The summed E-state index contributed by atoms with van der Waals surface area (Å²) in [5.74, 6) is 1.28. The number of aliphatic hydroxyl groups is 1. The topological polar surface area (TPSA) is 63.3 Å². The first-order chi connectivity index (χ1) is 26.3. The van der Waals surface area contributed by atoms with E-state index in [4.69, 9.17) is 9.40 Å². The molecular weight excluding hydrogens is 920 g/mol. The van der Waals surface area contributed by atoms with E-state index in [0.717, 1.165) is 74.0 Å². The SMILES string of the molecule is CCC(CC)C(=O)/C=C(\O)C(CC)CC.Cc1c(-c2cc3ccnc(-c4[c-]c5ccccc5c(C(C)(C)C)c4)c3s2)oc2cc(CC(C)(C)C(F)(F)F)ccc12.[Ir]. The van der Waals surface area contributed by atoms with Crippen molar-refractivity contribution in [3.8, 4) is 21.9 Å². The molecule has 3 aromatic heterocycles. The molecule has 0 saturated carbocycles. The molecule has 0 atom stereocenters. The fourth-order valence-corrected chi connectivity index (χ4v) is 8.45. The zero-order valence-corrected chi connectivity index (χ0v) is 37.9. The van der Waals surface area contributed by atoms with Gasteiger partial charge in [-0.05, 0) is 73.6 Å². The third kappa shape index (κ3) is 10.1. The number of benzene rings is 3. The molecule has 0 aliphatic heterocycles. The van der Waals surface area contributed by atoms with Gasteiger partial charge in [0.25, 0.3) is 0 Å². The molecule has 9 heteroatoms. The average molecular weight is 975 g/mol. The number of carbonyl (C=O) groups is 1. The number of aliphatic hydroxyl groups excluding tert-OH is 1. The summed E-state index contributed by atoms with van der Waals surface area (Å²) >= 11 is 1.61. The summed E-state index contributed by atoms with van der Waals surface area (Å²) in [6.45, 7) is 19.2. The molecule has 0 fully saturated rings. The summed E-state index contributed by atoms with van der Waals surface area (Å²) in [5, 5.41) is 14.0. The van der Waals surface area contributed by atoms with Crippen LogP contribution in [0, 0.1) is 30.2 Å². The molecule has 0 spiro atoms. The Kier molecular flexibility index (Phi) is 14.8. The van der Waals surface area contributed by atoms with Gasteiger partial charge in [0.15, 0.2) is 5.78 Å². The smallest absolute Gasteiger partial charge is 0.394 e. The van der Waals surface area contributed by atoms with E-state index >= 15 is 0 Å². The van der Waals surface area contributed by atoms with Crippen molar-refractivity contribution in [2.24, 2.45) is 17.3 Å². The number of aromatic nitrogens is 1. The summed E-state index contributed by atoms with van der Waals surface area (Å²) in [7, 11) is 0. The molecule has 0 saturated heterocycles. The number of hydrogen-bond acceptors (Lipinski definition) is 5. The Morgan fingerprint density at radius 3 is 2.16 bits per heavy atom. The molecule has 57 heavy (non-hydrogen) atoms. The molecule has 1 radical (unpaired) electrons. The van der Waals surface area contributed by atoms with Gasteiger partial charge in [-0.15, -0.1) is 40.5 Å². The van der Waals surface area contributed by atoms with E-state index in [0.29, 0.717) is 11.1 Å². The van der Waals surface area contributed by atoms with Gasteiger partial charge in [-0.2, -0.15) is 13.2 Å². The number of pyridine rings is 1. The number of allylic oxidation sites excluding steroid dienone is 2. The molecule has 0 aliphatic carbocycles. The van der Waals surface area contributed by atoms with Crippen molar-refractivity contribution >= 4 is 48.9 Å². The van der Waals surface area contributed by atoms with E-state index in [9.17, 15) is 23.1 Å². The Morgan fingerprint density at radius 1 is 0.895 bits per heavy atom. The van der Waals surface area contributed by atoms with Crippen molar-refractivity contribution < 1.29 is 47.6 Å². The van der Waals surface area contributed by atoms with Crippen LogP contribution in [-0.2, 0) is 36.7 Å². The first-order valence-corrected chi connectivity index (χ1v) is 20.5. The summed E-state index contributed by atoms with van der Waals surface area (Å²) in [5.41, 5.74) is 3.35. The largest absolute Gasteiger partial charge is 0.512 e. The number of hydrogen-bond donors (Lipinski definition) is 1. The van der Waals surface area contributed by atoms with Crippen LogP contribution >= 0.6 is 11.3 Å². The molecule has 0 unspecified atom stereocenters. The minimum atomic E-state index is -4.29. The summed E-state index contributed by atoms with van der Waals surface area (Å²) in [6, 6.07) is 23.7. The van der Waals surface area contributed by atoms with Crippen molar-refractivity contribution in [3.63, 3.8) is 0 Å². The van der Waals surface area contributed by atoms with E-state index in [2.05, 4.69) is 57.2 Å². The van der Waals surface area contributed by atoms with E-state index in [1.807, 2.05) is 59.0 Å². The third-order valence-electron chi connectivity index (χ3n) is 11.0. The number of carbonyl (C=O) groups excluding carboxylic acids is 1. The third-order valence-corrected chi connectivity index (χ3v) is 12.2. The number of rotatable bonds is 11. The minimum Gasteiger partial charge on any atom is -0.512 e. The van der Waals surface area contributed by atoms with Gasteiger partial charge >= 0.3 is 6.18 Å². The molecule has 1 N–H and O–H groups in total. The van der Waals surface area contributed by atoms with Gasteiger partial charge in [-0.25, -0.2) is 0 Å². The van der Waals surface area contributed by atoms with Crippen LogP contribution in [0.15, 0.2) is 83.1 Å². The number of fused-ring (bicyclic) bond motifs is 3.